The van der Waals surface area contributed by atoms with Crippen LogP contribution in [0, 0.1) is 5.82 Å². The number of carbonyl (C=O) groups is 2. The number of nitrogens with one attached hydrogen (secondary N) is 2. The lowest BCUT2D eigenvalue weighted by atomic mass is 10.1. The quantitative estimate of drug-likeness (QED) is 0.553. The molecule has 2 aromatic rings. The molecule has 34 heavy (non-hydrogen) atoms. The minimum Gasteiger partial charge on any atom is -0.478 e. The van der Waals surface area contributed by atoms with Gasteiger partial charge in [0.1, 0.15) is 0 Å². The standard InChI is InChI=1S/C24H30FN3O5S/c1-18(33-22-9-5-4-8-21(22)25)24(30)27-26-23(29)15-12-19-10-13-20(14-11-19)34(31,32)28-16-6-2-3-7-17-28/h4-5,8-11,13-14,18H,2-3,6-7,12,15-17H2,1H3,(H,26,29)(H,27,30). The summed E-state index contributed by atoms with van der Waals surface area (Å²) in [7, 11) is -3.51. The number of hydrogen-bond donors (Lipinski definition) is 2. The number of benzene rings is 2. The van der Waals surface area contributed by atoms with Gasteiger partial charge in [-0.05, 0) is 56.0 Å². The second-order valence-corrected chi connectivity index (χ2v) is 10.1. The molecule has 2 N–H and O–H groups in total. The fourth-order valence-corrected chi connectivity index (χ4v) is 5.11. The summed E-state index contributed by atoms with van der Waals surface area (Å²) < 4.78 is 46.1. The first-order valence-electron chi connectivity index (χ1n) is 11.4. The zero-order valence-electron chi connectivity index (χ0n) is 19.1. The van der Waals surface area contributed by atoms with Crippen molar-refractivity contribution in [3.63, 3.8) is 0 Å². The summed E-state index contributed by atoms with van der Waals surface area (Å²) in [6.07, 6.45) is 3.27. The van der Waals surface area contributed by atoms with Crippen molar-refractivity contribution in [2.75, 3.05) is 13.1 Å². The van der Waals surface area contributed by atoms with Gasteiger partial charge in [-0.25, -0.2) is 12.8 Å². The van der Waals surface area contributed by atoms with Crippen molar-refractivity contribution in [3.05, 3.63) is 59.9 Å². The van der Waals surface area contributed by atoms with E-state index in [4.69, 9.17) is 4.74 Å². The molecular weight excluding hydrogens is 461 g/mol. The third-order valence-corrected chi connectivity index (χ3v) is 7.51. The largest absolute Gasteiger partial charge is 0.478 e. The van der Waals surface area contributed by atoms with Gasteiger partial charge in [0.25, 0.3) is 5.91 Å². The average molecular weight is 492 g/mol. The first-order chi connectivity index (χ1) is 16.3. The lowest BCUT2D eigenvalue weighted by Gasteiger charge is -2.20. The SMILES string of the molecule is CC(Oc1ccccc1F)C(=O)NNC(=O)CCc1ccc(S(=O)(=O)N2CCCCCC2)cc1. The lowest BCUT2D eigenvalue weighted by molar-refractivity contribution is -0.132. The molecule has 1 atom stereocenters. The summed E-state index contributed by atoms with van der Waals surface area (Å²) in [5.41, 5.74) is 5.36. The first kappa shape index (κ1) is 25.6. The van der Waals surface area contributed by atoms with Crippen LogP contribution in [0.5, 0.6) is 5.75 Å². The van der Waals surface area contributed by atoms with Crippen molar-refractivity contribution in [2.45, 2.75) is 56.4 Å². The van der Waals surface area contributed by atoms with Crippen molar-refractivity contribution in [1.29, 1.82) is 0 Å². The first-order valence-corrected chi connectivity index (χ1v) is 12.8. The molecule has 1 heterocycles. The summed E-state index contributed by atoms with van der Waals surface area (Å²) in [5, 5.41) is 0. The number of hydrogen-bond acceptors (Lipinski definition) is 5. The molecule has 0 bridgehead atoms. The Kier molecular flexibility index (Phi) is 9.00. The fourth-order valence-electron chi connectivity index (χ4n) is 3.60. The van der Waals surface area contributed by atoms with E-state index in [0.29, 0.717) is 19.5 Å². The number of sulfonamides is 1. The summed E-state index contributed by atoms with van der Waals surface area (Å²) in [4.78, 5) is 24.4. The summed E-state index contributed by atoms with van der Waals surface area (Å²) >= 11 is 0. The van der Waals surface area contributed by atoms with Gasteiger partial charge in [-0.3, -0.25) is 20.4 Å². The highest BCUT2D eigenvalue weighted by atomic mass is 32.2. The van der Waals surface area contributed by atoms with Crippen LogP contribution in [0.15, 0.2) is 53.4 Å². The highest BCUT2D eigenvalue weighted by Gasteiger charge is 2.25. The van der Waals surface area contributed by atoms with Crippen LogP contribution >= 0.6 is 0 Å². The van der Waals surface area contributed by atoms with E-state index >= 15 is 0 Å². The lowest BCUT2D eigenvalue weighted by Crippen LogP contribution is -2.47. The van der Waals surface area contributed by atoms with Crippen molar-refractivity contribution >= 4 is 21.8 Å². The van der Waals surface area contributed by atoms with Gasteiger partial charge in [0.15, 0.2) is 17.7 Å². The van der Waals surface area contributed by atoms with Gasteiger partial charge < -0.3 is 4.74 Å². The zero-order chi connectivity index (χ0) is 24.6. The van der Waals surface area contributed by atoms with E-state index in [0.717, 1.165) is 31.2 Å². The number of rotatable bonds is 8. The Morgan fingerprint density at radius 3 is 2.29 bits per heavy atom. The molecule has 0 saturated carbocycles. The maximum Gasteiger partial charge on any atom is 0.279 e. The van der Waals surface area contributed by atoms with Crippen LogP contribution < -0.4 is 15.6 Å². The Morgan fingerprint density at radius 1 is 1.00 bits per heavy atom. The number of halogens is 1. The summed E-state index contributed by atoms with van der Waals surface area (Å²) in [6.45, 7) is 2.52. The van der Waals surface area contributed by atoms with E-state index in [1.54, 1.807) is 34.6 Å². The Morgan fingerprint density at radius 2 is 1.65 bits per heavy atom. The van der Waals surface area contributed by atoms with Gasteiger partial charge in [0.05, 0.1) is 4.90 Å². The molecule has 1 aliphatic rings. The van der Waals surface area contributed by atoms with Crippen LogP contribution in [0.2, 0.25) is 0 Å². The van der Waals surface area contributed by atoms with Crippen LogP contribution in [-0.4, -0.2) is 43.7 Å². The number of carbonyl (C=O) groups excluding carboxylic acids is 2. The van der Waals surface area contributed by atoms with Gasteiger partial charge in [0, 0.05) is 19.5 Å². The van der Waals surface area contributed by atoms with Gasteiger partial charge in [-0.2, -0.15) is 4.31 Å². The molecule has 0 radical (unpaired) electrons. The van der Waals surface area contributed by atoms with Gasteiger partial charge in [-0.1, -0.05) is 37.1 Å². The fraction of sp³-hybridized carbons (Fsp3) is 0.417. The summed E-state index contributed by atoms with van der Waals surface area (Å²) in [5.74, 6) is -1.69. The van der Waals surface area contributed by atoms with Gasteiger partial charge in [0.2, 0.25) is 15.9 Å². The number of nitrogens with zero attached hydrogens (tertiary/aromatic N) is 1. The highest BCUT2D eigenvalue weighted by molar-refractivity contribution is 7.89. The molecule has 1 fully saturated rings. The molecule has 184 valence electrons. The smallest absolute Gasteiger partial charge is 0.279 e. The molecule has 0 aromatic heterocycles. The molecule has 10 heteroatoms. The predicted octanol–water partition coefficient (Wildman–Crippen LogP) is 2.94. The molecule has 0 aliphatic carbocycles. The van der Waals surface area contributed by atoms with Crippen LogP contribution in [0.4, 0.5) is 4.39 Å². The maximum atomic E-state index is 13.6. The van der Waals surface area contributed by atoms with E-state index in [-0.39, 0.29) is 17.1 Å². The van der Waals surface area contributed by atoms with E-state index in [1.807, 2.05) is 0 Å². The predicted molar refractivity (Wildman–Crippen MR) is 125 cm³/mol. The number of ether oxygens (including phenoxy) is 1. The minimum atomic E-state index is -3.51. The highest BCUT2D eigenvalue weighted by Crippen LogP contribution is 2.21. The maximum absolute atomic E-state index is 13.6. The minimum absolute atomic E-state index is 0.0576. The molecule has 0 spiro atoms. The van der Waals surface area contributed by atoms with Gasteiger partial charge >= 0.3 is 0 Å². The molecule has 3 rings (SSSR count). The number of aryl methyl sites for hydroxylation is 1. The van der Waals surface area contributed by atoms with E-state index in [1.165, 1.54) is 25.1 Å². The molecule has 1 unspecified atom stereocenters. The second kappa shape index (κ2) is 11.9. The van der Waals surface area contributed by atoms with E-state index < -0.39 is 33.8 Å². The number of hydrazine groups is 1. The Bertz CT molecular complexity index is 1080. The Labute approximate surface area is 199 Å². The monoisotopic (exact) mass is 491 g/mol. The summed E-state index contributed by atoms with van der Waals surface area (Å²) in [6, 6.07) is 12.2. The zero-order valence-corrected chi connectivity index (χ0v) is 19.9. The third-order valence-electron chi connectivity index (χ3n) is 5.60. The molecular formula is C24H30FN3O5S. The molecule has 1 aliphatic heterocycles. The van der Waals surface area contributed by atoms with Crippen LogP contribution in [0.1, 0.15) is 44.6 Å². The molecule has 2 aromatic carbocycles. The second-order valence-electron chi connectivity index (χ2n) is 8.19. The Balaban J connectivity index is 1.44. The van der Waals surface area contributed by atoms with Crippen molar-refractivity contribution in [1.82, 2.24) is 15.2 Å². The topological polar surface area (TPSA) is 105 Å². The molecule has 8 nitrogen and oxygen atoms in total. The third kappa shape index (κ3) is 7.01. The van der Waals surface area contributed by atoms with Crippen molar-refractivity contribution in [2.24, 2.45) is 0 Å². The van der Waals surface area contributed by atoms with Crippen LogP contribution in [-0.2, 0) is 26.0 Å². The number of para-hydroxylation sites is 1. The number of amides is 2. The van der Waals surface area contributed by atoms with Crippen molar-refractivity contribution < 1.29 is 27.1 Å². The van der Waals surface area contributed by atoms with Gasteiger partial charge in [-0.15, -0.1) is 0 Å². The average Bonchev–Trinajstić information content (AvgIpc) is 3.13. The van der Waals surface area contributed by atoms with E-state index in [9.17, 15) is 22.4 Å². The van der Waals surface area contributed by atoms with Crippen molar-refractivity contribution in [3.8, 4) is 5.75 Å². The molecule has 2 amide bonds. The molecule has 1 saturated heterocycles. The van der Waals surface area contributed by atoms with E-state index in [2.05, 4.69) is 10.9 Å². The van der Waals surface area contributed by atoms with Crippen LogP contribution in [0.3, 0.4) is 0 Å². The Hall–Kier alpha value is -2.98. The normalized spacial score (nSPS) is 15.7. The van der Waals surface area contributed by atoms with Crippen LogP contribution in [0.25, 0.3) is 0 Å².